The quantitative estimate of drug-likeness (QED) is 0.889. The molecule has 0 aliphatic carbocycles. The Labute approximate surface area is 125 Å². The molecule has 5 heteroatoms. The van der Waals surface area contributed by atoms with Crippen LogP contribution in [0.1, 0.15) is 38.4 Å². The highest BCUT2D eigenvalue weighted by molar-refractivity contribution is 5.73. The summed E-state index contributed by atoms with van der Waals surface area (Å²) in [6.45, 7) is 5.03. The molecule has 0 radical (unpaired) electrons. The smallest absolute Gasteiger partial charge is 0.217 e. The highest BCUT2D eigenvalue weighted by Gasteiger charge is 2.24. The van der Waals surface area contributed by atoms with Crippen molar-refractivity contribution in [1.29, 1.82) is 0 Å². The normalized spacial score (nSPS) is 17.4. The van der Waals surface area contributed by atoms with E-state index < -0.39 is 6.10 Å². The summed E-state index contributed by atoms with van der Waals surface area (Å²) >= 11 is 0. The molecule has 1 unspecified atom stereocenters. The predicted molar refractivity (Wildman–Crippen MR) is 82.7 cm³/mol. The van der Waals surface area contributed by atoms with E-state index in [1.54, 1.807) is 21.0 Å². The first kappa shape index (κ1) is 15.6. The lowest BCUT2D eigenvalue weighted by molar-refractivity contribution is -0.119. The Bertz CT molecular complexity index is 494. The second kappa shape index (κ2) is 6.80. The van der Waals surface area contributed by atoms with Crippen LogP contribution in [-0.4, -0.2) is 37.3 Å². The van der Waals surface area contributed by atoms with Crippen LogP contribution in [0.15, 0.2) is 18.2 Å². The zero-order chi connectivity index (χ0) is 15.4. The van der Waals surface area contributed by atoms with Crippen LogP contribution in [0.5, 0.6) is 5.75 Å². The average molecular weight is 292 g/mol. The van der Waals surface area contributed by atoms with Gasteiger partial charge in [-0.15, -0.1) is 0 Å². The van der Waals surface area contributed by atoms with E-state index in [-0.39, 0.29) is 11.9 Å². The van der Waals surface area contributed by atoms with E-state index >= 15 is 0 Å². The van der Waals surface area contributed by atoms with Crippen molar-refractivity contribution in [3.8, 4) is 5.75 Å². The third-order valence-corrected chi connectivity index (χ3v) is 3.92. The summed E-state index contributed by atoms with van der Waals surface area (Å²) in [4.78, 5) is 13.4. The van der Waals surface area contributed by atoms with Gasteiger partial charge >= 0.3 is 0 Å². The van der Waals surface area contributed by atoms with Gasteiger partial charge in [0.1, 0.15) is 5.75 Å². The van der Waals surface area contributed by atoms with Gasteiger partial charge in [-0.25, -0.2) is 0 Å². The number of hydrogen-bond donors (Lipinski definition) is 2. The molecule has 5 nitrogen and oxygen atoms in total. The summed E-state index contributed by atoms with van der Waals surface area (Å²) in [7, 11) is 1.62. The number of aliphatic hydroxyl groups is 1. The molecule has 1 aliphatic heterocycles. The third kappa shape index (κ3) is 3.67. The highest BCUT2D eigenvalue weighted by atomic mass is 16.5. The zero-order valence-electron chi connectivity index (χ0n) is 12.9. The standard InChI is InChI=1S/C16H24N2O3/c1-11(19)16-14(5-4-6-15(16)21-3)18-9-7-13(8-10-18)17-12(2)20/h4-6,11,13,19H,7-10H2,1-3H3,(H,17,20). The number of nitrogens with zero attached hydrogens (tertiary/aromatic N) is 1. The first-order chi connectivity index (χ1) is 10.0. The molecule has 1 heterocycles. The van der Waals surface area contributed by atoms with E-state index in [1.165, 1.54) is 0 Å². The highest BCUT2D eigenvalue weighted by Crippen LogP contribution is 2.35. The summed E-state index contributed by atoms with van der Waals surface area (Å²) in [5.74, 6) is 0.742. The Morgan fingerprint density at radius 1 is 1.43 bits per heavy atom. The van der Waals surface area contributed by atoms with Crippen molar-refractivity contribution in [2.24, 2.45) is 0 Å². The number of hydrogen-bond acceptors (Lipinski definition) is 4. The van der Waals surface area contributed by atoms with Gasteiger partial charge in [-0.3, -0.25) is 4.79 Å². The van der Waals surface area contributed by atoms with Crippen molar-refractivity contribution in [2.75, 3.05) is 25.1 Å². The lowest BCUT2D eigenvalue weighted by atomic mass is 10.0. The van der Waals surface area contributed by atoms with Crippen molar-refractivity contribution < 1.29 is 14.6 Å². The van der Waals surface area contributed by atoms with Gasteiger partial charge in [-0.1, -0.05) is 6.07 Å². The lowest BCUT2D eigenvalue weighted by Crippen LogP contribution is -2.44. The Morgan fingerprint density at radius 2 is 2.10 bits per heavy atom. The van der Waals surface area contributed by atoms with Gasteiger partial charge < -0.3 is 20.1 Å². The molecule has 0 saturated carbocycles. The Hall–Kier alpha value is -1.75. The van der Waals surface area contributed by atoms with Crippen LogP contribution < -0.4 is 15.0 Å². The molecule has 1 aromatic carbocycles. The first-order valence-corrected chi connectivity index (χ1v) is 7.40. The van der Waals surface area contributed by atoms with Gasteiger partial charge in [0, 0.05) is 37.3 Å². The molecule has 116 valence electrons. The number of benzene rings is 1. The van der Waals surface area contributed by atoms with Gasteiger partial charge in [-0.05, 0) is 31.9 Å². The number of amides is 1. The first-order valence-electron chi connectivity index (χ1n) is 7.40. The minimum absolute atomic E-state index is 0.0273. The summed E-state index contributed by atoms with van der Waals surface area (Å²) in [6, 6.07) is 6.08. The SMILES string of the molecule is COc1cccc(N2CCC(NC(C)=O)CC2)c1C(C)O. The Balaban J connectivity index is 2.15. The fourth-order valence-electron chi connectivity index (χ4n) is 2.96. The molecule has 1 aromatic rings. The second-order valence-corrected chi connectivity index (χ2v) is 5.53. The monoisotopic (exact) mass is 292 g/mol. The Kier molecular flexibility index (Phi) is 5.07. The molecule has 1 fully saturated rings. The number of nitrogens with one attached hydrogen (secondary N) is 1. The van der Waals surface area contributed by atoms with Crippen molar-refractivity contribution in [2.45, 2.75) is 38.8 Å². The molecule has 2 rings (SSSR count). The number of aliphatic hydroxyl groups excluding tert-OH is 1. The van der Waals surface area contributed by atoms with Gasteiger partial charge in [0.25, 0.3) is 0 Å². The molecule has 1 atom stereocenters. The van der Waals surface area contributed by atoms with Crippen molar-refractivity contribution >= 4 is 11.6 Å². The van der Waals surface area contributed by atoms with Crippen molar-refractivity contribution in [3.05, 3.63) is 23.8 Å². The van der Waals surface area contributed by atoms with E-state index in [9.17, 15) is 9.90 Å². The van der Waals surface area contributed by atoms with Crippen LogP contribution in [0.2, 0.25) is 0 Å². The molecule has 1 aliphatic rings. The molecule has 0 spiro atoms. The van der Waals surface area contributed by atoms with Crippen LogP contribution in [-0.2, 0) is 4.79 Å². The van der Waals surface area contributed by atoms with Gasteiger partial charge in [-0.2, -0.15) is 0 Å². The topological polar surface area (TPSA) is 61.8 Å². The summed E-state index contributed by atoms with van der Waals surface area (Å²) in [5, 5.41) is 13.0. The molecular weight excluding hydrogens is 268 g/mol. The van der Waals surface area contributed by atoms with Gasteiger partial charge in [0.2, 0.25) is 5.91 Å². The molecule has 21 heavy (non-hydrogen) atoms. The van der Waals surface area contributed by atoms with E-state index in [0.29, 0.717) is 5.75 Å². The number of methoxy groups -OCH3 is 1. The van der Waals surface area contributed by atoms with Crippen molar-refractivity contribution in [3.63, 3.8) is 0 Å². The number of carbonyl (C=O) groups is 1. The molecule has 1 amide bonds. The molecular formula is C16H24N2O3. The number of ether oxygens (including phenoxy) is 1. The van der Waals surface area contributed by atoms with Crippen LogP contribution in [0.25, 0.3) is 0 Å². The summed E-state index contributed by atoms with van der Waals surface area (Å²) in [5.41, 5.74) is 1.85. The van der Waals surface area contributed by atoms with Gasteiger partial charge in [0.15, 0.2) is 0 Å². The van der Waals surface area contributed by atoms with E-state index in [0.717, 1.165) is 37.2 Å². The van der Waals surface area contributed by atoms with E-state index in [1.807, 2.05) is 18.2 Å². The van der Waals surface area contributed by atoms with E-state index in [2.05, 4.69) is 10.2 Å². The Morgan fingerprint density at radius 3 is 2.62 bits per heavy atom. The fraction of sp³-hybridized carbons (Fsp3) is 0.562. The van der Waals surface area contributed by atoms with Gasteiger partial charge in [0.05, 0.1) is 13.2 Å². The third-order valence-electron chi connectivity index (χ3n) is 3.92. The average Bonchev–Trinajstić information content (AvgIpc) is 2.46. The minimum Gasteiger partial charge on any atom is -0.496 e. The molecule has 0 bridgehead atoms. The lowest BCUT2D eigenvalue weighted by Gasteiger charge is -2.35. The maximum atomic E-state index is 11.1. The second-order valence-electron chi connectivity index (χ2n) is 5.53. The largest absolute Gasteiger partial charge is 0.496 e. The van der Waals surface area contributed by atoms with Crippen molar-refractivity contribution in [1.82, 2.24) is 5.32 Å². The fourth-order valence-corrected chi connectivity index (χ4v) is 2.96. The predicted octanol–water partition coefficient (Wildman–Crippen LogP) is 1.85. The maximum Gasteiger partial charge on any atom is 0.217 e. The van der Waals surface area contributed by atoms with Crippen LogP contribution in [0, 0.1) is 0 Å². The maximum absolute atomic E-state index is 11.1. The van der Waals surface area contributed by atoms with Crippen LogP contribution in [0.3, 0.4) is 0 Å². The van der Waals surface area contributed by atoms with Crippen LogP contribution >= 0.6 is 0 Å². The number of anilines is 1. The number of carbonyl (C=O) groups excluding carboxylic acids is 1. The summed E-state index contributed by atoms with van der Waals surface area (Å²) < 4.78 is 5.37. The molecule has 2 N–H and O–H groups in total. The number of piperidine rings is 1. The van der Waals surface area contributed by atoms with E-state index in [4.69, 9.17) is 4.74 Å². The number of rotatable bonds is 4. The molecule has 1 saturated heterocycles. The minimum atomic E-state index is -0.579. The zero-order valence-corrected chi connectivity index (χ0v) is 12.9. The molecule has 0 aromatic heterocycles. The van der Waals surface area contributed by atoms with Crippen LogP contribution in [0.4, 0.5) is 5.69 Å². The summed E-state index contributed by atoms with van der Waals surface area (Å²) in [6.07, 6.45) is 1.25.